The quantitative estimate of drug-likeness (QED) is 0.0909. The van der Waals surface area contributed by atoms with Crippen molar-refractivity contribution >= 4 is 5.91 Å². The number of aliphatic hydroxyl groups excluding tert-OH is 3. The molecule has 4 N–H and O–H groups in total. The van der Waals surface area contributed by atoms with Crippen LogP contribution in [0.4, 0.5) is 0 Å². The second-order valence-corrected chi connectivity index (χ2v) is 9.64. The minimum atomic E-state index is -0.953. The molecule has 0 aliphatic carbocycles. The van der Waals surface area contributed by atoms with Crippen molar-refractivity contribution in [1.82, 2.24) is 5.32 Å². The molecule has 5 heteroatoms. The Balaban J connectivity index is 3.95. The summed E-state index contributed by atoms with van der Waals surface area (Å²) in [4.78, 5) is 12.2. The van der Waals surface area contributed by atoms with Crippen LogP contribution in [0, 0.1) is 0 Å². The van der Waals surface area contributed by atoms with Crippen molar-refractivity contribution in [2.45, 2.75) is 141 Å². The molecule has 0 saturated heterocycles. The van der Waals surface area contributed by atoms with E-state index in [1.165, 1.54) is 51.4 Å². The van der Waals surface area contributed by atoms with Crippen molar-refractivity contribution < 1.29 is 20.1 Å². The molecular weight excluding hydrogens is 438 g/mol. The molecule has 0 aliphatic heterocycles. The van der Waals surface area contributed by atoms with Gasteiger partial charge in [0.1, 0.15) is 0 Å². The molecule has 0 aromatic heterocycles. The summed E-state index contributed by atoms with van der Waals surface area (Å²) in [6, 6.07) is -0.760. The minimum Gasteiger partial charge on any atom is -0.394 e. The van der Waals surface area contributed by atoms with E-state index in [0.29, 0.717) is 6.42 Å². The van der Waals surface area contributed by atoms with Gasteiger partial charge in [0.05, 0.1) is 31.3 Å². The van der Waals surface area contributed by atoms with E-state index >= 15 is 0 Å². The molecule has 204 valence electrons. The second-order valence-electron chi connectivity index (χ2n) is 9.64. The number of hydrogen-bond acceptors (Lipinski definition) is 4. The third-order valence-electron chi connectivity index (χ3n) is 6.14. The highest BCUT2D eigenvalue weighted by Crippen LogP contribution is 2.12. The van der Waals surface area contributed by atoms with E-state index in [2.05, 4.69) is 43.5 Å². The predicted molar refractivity (Wildman–Crippen MR) is 148 cm³/mol. The molecule has 0 saturated carbocycles. The summed E-state index contributed by atoms with van der Waals surface area (Å²) in [5, 5.41) is 32.6. The van der Waals surface area contributed by atoms with Crippen molar-refractivity contribution in [3.8, 4) is 0 Å². The maximum Gasteiger partial charge on any atom is 0.222 e. The van der Waals surface area contributed by atoms with Gasteiger partial charge in [-0.1, -0.05) is 115 Å². The van der Waals surface area contributed by atoms with Gasteiger partial charge in [-0.15, -0.1) is 0 Å². The summed E-state index contributed by atoms with van der Waals surface area (Å²) in [6.45, 7) is 4.05. The fourth-order valence-electron chi connectivity index (χ4n) is 3.90. The number of nitrogens with one attached hydrogen (secondary N) is 1. The molecule has 5 nitrogen and oxygen atoms in total. The summed E-state index contributed by atoms with van der Waals surface area (Å²) in [5.41, 5.74) is 0. The van der Waals surface area contributed by atoms with Gasteiger partial charge in [0.25, 0.3) is 0 Å². The van der Waals surface area contributed by atoms with Crippen LogP contribution in [0.5, 0.6) is 0 Å². The first kappa shape index (κ1) is 33.6. The van der Waals surface area contributed by atoms with Gasteiger partial charge in [-0.2, -0.15) is 0 Å². The molecule has 0 radical (unpaired) electrons. The summed E-state index contributed by atoms with van der Waals surface area (Å²) < 4.78 is 0. The Morgan fingerprint density at radius 1 is 0.714 bits per heavy atom. The highest BCUT2D eigenvalue weighted by molar-refractivity contribution is 5.76. The average molecular weight is 494 g/mol. The van der Waals surface area contributed by atoms with Crippen LogP contribution in [0.2, 0.25) is 0 Å². The molecule has 0 bridgehead atoms. The molecule has 0 aliphatic rings. The lowest BCUT2D eigenvalue weighted by Crippen LogP contribution is -2.45. The van der Waals surface area contributed by atoms with Crippen LogP contribution in [0.1, 0.15) is 123 Å². The summed E-state index contributed by atoms with van der Waals surface area (Å²) >= 11 is 0. The van der Waals surface area contributed by atoms with E-state index in [9.17, 15) is 20.1 Å². The van der Waals surface area contributed by atoms with Crippen LogP contribution in [-0.4, -0.2) is 46.1 Å². The predicted octanol–water partition coefficient (Wildman–Crippen LogP) is 6.53. The molecule has 0 fully saturated rings. The monoisotopic (exact) mass is 493 g/mol. The van der Waals surface area contributed by atoms with Gasteiger partial charge < -0.3 is 20.6 Å². The van der Waals surface area contributed by atoms with Crippen molar-refractivity contribution in [1.29, 1.82) is 0 Å². The van der Waals surface area contributed by atoms with Crippen molar-refractivity contribution in [2.75, 3.05) is 6.61 Å². The Morgan fingerprint density at radius 3 is 1.77 bits per heavy atom. The zero-order valence-electron chi connectivity index (χ0n) is 22.7. The van der Waals surface area contributed by atoms with Gasteiger partial charge in [-0.3, -0.25) is 4.79 Å². The normalized spacial score (nSPS) is 14.8. The first-order valence-corrected chi connectivity index (χ1v) is 14.3. The standard InChI is InChI=1S/C30H55NO4/c1-3-5-7-9-11-13-14-16-18-20-22-24-29(34)28(26-32)31-30(35)25-27(33)23-21-19-17-15-12-10-8-6-4-2/h7,9,14,16,22,24,27-29,32-34H,3-6,8,10-13,15,17-21,23,25-26H2,1-2H3,(H,31,35)/b9-7+,16-14+,24-22+. The van der Waals surface area contributed by atoms with Crippen molar-refractivity contribution in [3.63, 3.8) is 0 Å². The maximum absolute atomic E-state index is 12.2. The Labute approximate surface area is 215 Å². The molecule has 3 atom stereocenters. The molecule has 0 aromatic carbocycles. The van der Waals surface area contributed by atoms with Crippen molar-refractivity contribution in [2.24, 2.45) is 0 Å². The van der Waals surface area contributed by atoms with Crippen LogP contribution >= 0.6 is 0 Å². The zero-order chi connectivity index (χ0) is 26.0. The van der Waals surface area contributed by atoms with Gasteiger partial charge in [-0.05, 0) is 38.5 Å². The van der Waals surface area contributed by atoms with E-state index in [1.807, 2.05) is 6.08 Å². The Hall–Kier alpha value is -1.43. The van der Waals surface area contributed by atoms with Crippen LogP contribution in [0.25, 0.3) is 0 Å². The average Bonchev–Trinajstić information content (AvgIpc) is 2.84. The zero-order valence-corrected chi connectivity index (χ0v) is 22.7. The lowest BCUT2D eigenvalue weighted by atomic mass is 10.0. The molecule has 0 aromatic rings. The van der Waals surface area contributed by atoms with Crippen LogP contribution in [0.15, 0.2) is 36.5 Å². The molecular formula is C30H55NO4. The third-order valence-corrected chi connectivity index (χ3v) is 6.14. The van der Waals surface area contributed by atoms with Crippen LogP contribution in [0.3, 0.4) is 0 Å². The maximum atomic E-state index is 12.2. The summed E-state index contributed by atoms with van der Waals surface area (Å²) in [7, 11) is 0. The molecule has 0 spiro atoms. The first-order valence-electron chi connectivity index (χ1n) is 14.3. The first-order chi connectivity index (χ1) is 17.0. The number of amides is 1. The van der Waals surface area contributed by atoms with E-state index < -0.39 is 18.2 Å². The number of carbonyl (C=O) groups excluding carboxylic acids is 1. The molecule has 0 heterocycles. The lowest BCUT2D eigenvalue weighted by Gasteiger charge is -2.21. The second kappa shape index (κ2) is 25.7. The number of hydrogen-bond donors (Lipinski definition) is 4. The number of aliphatic hydroxyl groups is 3. The largest absolute Gasteiger partial charge is 0.394 e. The Bertz CT molecular complexity index is 559. The molecule has 0 rings (SSSR count). The SMILES string of the molecule is CCC/C=C/CC/C=C/CC/C=C/C(O)C(CO)NC(=O)CC(O)CCCCCCCCCCC. The van der Waals surface area contributed by atoms with Gasteiger partial charge in [0, 0.05) is 0 Å². The van der Waals surface area contributed by atoms with Gasteiger partial charge >= 0.3 is 0 Å². The van der Waals surface area contributed by atoms with Crippen LogP contribution in [-0.2, 0) is 4.79 Å². The third kappa shape index (κ3) is 22.8. The van der Waals surface area contributed by atoms with Gasteiger partial charge in [-0.25, -0.2) is 0 Å². The van der Waals surface area contributed by atoms with Gasteiger partial charge in [0.15, 0.2) is 0 Å². The Morgan fingerprint density at radius 2 is 1.23 bits per heavy atom. The topological polar surface area (TPSA) is 89.8 Å². The minimum absolute atomic E-state index is 0.00236. The number of allylic oxidation sites excluding steroid dienone is 5. The summed E-state index contributed by atoms with van der Waals surface area (Å²) in [5.74, 6) is -0.337. The molecule has 3 unspecified atom stereocenters. The van der Waals surface area contributed by atoms with E-state index in [-0.39, 0.29) is 18.9 Å². The van der Waals surface area contributed by atoms with E-state index in [4.69, 9.17) is 0 Å². The smallest absolute Gasteiger partial charge is 0.222 e. The molecule has 1 amide bonds. The highest BCUT2D eigenvalue weighted by atomic mass is 16.3. The number of unbranched alkanes of at least 4 members (excludes halogenated alkanes) is 11. The molecule has 35 heavy (non-hydrogen) atoms. The number of rotatable bonds is 24. The fourth-order valence-corrected chi connectivity index (χ4v) is 3.90. The van der Waals surface area contributed by atoms with E-state index in [1.54, 1.807) is 6.08 Å². The van der Waals surface area contributed by atoms with E-state index in [0.717, 1.165) is 44.9 Å². The highest BCUT2D eigenvalue weighted by Gasteiger charge is 2.19. The summed E-state index contributed by atoms with van der Waals surface area (Å²) in [6.07, 6.45) is 28.4. The van der Waals surface area contributed by atoms with Gasteiger partial charge in [0.2, 0.25) is 5.91 Å². The lowest BCUT2D eigenvalue weighted by molar-refractivity contribution is -0.124. The number of carbonyl (C=O) groups is 1. The fraction of sp³-hybridized carbons (Fsp3) is 0.767. The van der Waals surface area contributed by atoms with Crippen LogP contribution < -0.4 is 5.32 Å². The Kier molecular flexibility index (Phi) is 24.6. The van der Waals surface area contributed by atoms with Crippen molar-refractivity contribution in [3.05, 3.63) is 36.5 Å².